The fourth-order valence-corrected chi connectivity index (χ4v) is 1.57. The molecule has 18 heavy (non-hydrogen) atoms. The quantitative estimate of drug-likeness (QED) is 0.843. The van der Waals surface area contributed by atoms with E-state index in [-0.39, 0.29) is 5.82 Å². The third-order valence-electron chi connectivity index (χ3n) is 2.40. The number of pyridine rings is 1. The summed E-state index contributed by atoms with van der Waals surface area (Å²) in [5.41, 5.74) is 1.75. The van der Waals surface area contributed by atoms with Crippen LogP contribution in [0.2, 0.25) is 0 Å². The number of nitrogens with zero attached hydrogens (tertiary/aromatic N) is 1. The molecule has 3 nitrogen and oxygen atoms in total. The molecule has 1 aromatic carbocycles. The maximum atomic E-state index is 13.7. The van der Waals surface area contributed by atoms with Crippen molar-refractivity contribution in [1.82, 2.24) is 4.98 Å². The summed E-state index contributed by atoms with van der Waals surface area (Å²) in [6.45, 7) is 0. The molecule has 0 aliphatic heterocycles. The van der Waals surface area contributed by atoms with Crippen LogP contribution in [-0.2, 0) is 4.79 Å². The number of halogens is 1. The molecule has 1 aromatic heterocycles. The Hall–Kier alpha value is -2.49. The minimum Gasteiger partial charge on any atom is -0.478 e. The Morgan fingerprint density at radius 3 is 2.61 bits per heavy atom. The van der Waals surface area contributed by atoms with Gasteiger partial charge in [-0.3, -0.25) is 4.98 Å². The fourth-order valence-electron chi connectivity index (χ4n) is 1.57. The van der Waals surface area contributed by atoms with E-state index in [9.17, 15) is 9.18 Å². The summed E-state index contributed by atoms with van der Waals surface area (Å²) in [6.07, 6.45) is 5.60. The SMILES string of the molecule is O=C(O)/C=C/c1ccc(F)c(-c2ccncc2)c1. The Morgan fingerprint density at radius 2 is 1.94 bits per heavy atom. The Morgan fingerprint density at radius 1 is 1.22 bits per heavy atom. The van der Waals surface area contributed by atoms with Crippen LogP contribution >= 0.6 is 0 Å². The highest BCUT2D eigenvalue weighted by Crippen LogP contribution is 2.23. The fraction of sp³-hybridized carbons (Fsp3) is 0. The molecule has 0 unspecified atom stereocenters. The van der Waals surface area contributed by atoms with E-state index in [2.05, 4.69) is 4.98 Å². The van der Waals surface area contributed by atoms with Gasteiger partial charge in [-0.05, 0) is 41.5 Å². The molecule has 2 rings (SSSR count). The summed E-state index contributed by atoms with van der Waals surface area (Å²) < 4.78 is 13.7. The summed E-state index contributed by atoms with van der Waals surface area (Å²) in [5, 5.41) is 8.55. The Balaban J connectivity index is 2.42. The molecule has 0 saturated carbocycles. The van der Waals surface area contributed by atoms with Crippen molar-refractivity contribution in [2.45, 2.75) is 0 Å². The van der Waals surface area contributed by atoms with Gasteiger partial charge in [0.15, 0.2) is 0 Å². The Kier molecular flexibility index (Phi) is 3.48. The maximum absolute atomic E-state index is 13.7. The first-order valence-corrected chi connectivity index (χ1v) is 5.28. The second kappa shape index (κ2) is 5.23. The molecule has 0 amide bonds. The topological polar surface area (TPSA) is 50.2 Å². The standard InChI is InChI=1S/C14H10FNO2/c15-13-3-1-10(2-4-14(17)18)9-12(13)11-5-7-16-8-6-11/h1-9H,(H,17,18)/b4-2+. The summed E-state index contributed by atoms with van der Waals surface area (Å²) in [7, 11) is 0. The lowest BCUT2D eigenvalue weighted by Crippen LogP contribution is -1.88. The molecule has 1 N–H and O–H groups in total. The van der Waals surface area contributed by atoms with Crippen LogP contribution in [0.5, 0.6) is 0 Å². The zero-order valence-electron chi connectivity index (χ0n) is 9.38. The van der Waals surface area contributed by atoms with E-state index in [1.807, 2.05) is 0 Å². The number of hydrogen-bond donors (Lipinski definition) is 1. The first kappa shape index (κ1) is 12.0. The Labute approximate surface area is 103 Å². The van der Waals surface area contributed by atoms with Crippen molar-refractivity contribution >= 4 is 12.0 Å². The molecule has 0 bridgehead atoms. The molecular formula is C14H10FNO2. The summed E-state index contributed by atoms with van der Waals surface area (Å²) in [5.74, 6) is -1.39. The third kappa shape index (κ3) is 2.79. The number of aromatic nitrogens is 1. The number of benzene rings is 1. The molecule has 4 heteroatoms. The second-order valence-corrected chi connectivity index (χ2v) is 3.65. The van der Waals surface area contributed by atoms with Crippen molar-refractivity contribution in [2.75, 3.05) is 0 Å². The third-order valence-corrected chi connectivity index (χ3v) is 2.40. The van der Waals surface area contributed by atoms with Crippen LogP contribution in [0.1, 0.15) is 5.56 Å². The Bertz CT molecular complexity index is 594. The van der Waals surface area contributed by atoms with Gasteiger partial charge in [0.05, 0.1) is 0 Å². The van der Waals surface area contributed by atoms with Gasteiger partial charge in [-0.15, -0.1) is 0 Å². The number of carbonyl (C=O) groups is 1. The van der Waals surface area contributed by atoms with E-state index in [0.29, 0.717) is 16.7 Å². The minimum atomic E-state index is -1.04. The highest BCUT2D eigenvalue weighted by atomic mass is 19.1. The van der Waals surface area contributed by atoms with Gasteiger partial charge >= 0.3 is 5.97 Å². The lowest BCUT2D eigenvalue weighted by atomic mass is 10.0. The van der Waals surface area contributed by atoms with Crippen LogP contribution in [0.15, 0.2) is 48.8 Å². The van der Waals surface area contributed by atoms with Gasteiger partial charge in [0.2, 0.25) is 0 Å². The van der Waals surface area contributed by atoms with Crippen molar-refractivity contribution in [2.24, 2.45) is 0 Å². The van der Waals surface area contributed by atoms with Gasteiger partial charge in [-0.1, -0.05) is 6.07 Å². The maximum Gasteiger partial charge on any atom is 0.328 e. The molecule has 1 heterocycles. The lowest BCUT2D eigenvalue weighted by molar-refractivity contribution is -0.131. The van der Waals surface area contributed by atoms with Crippen LogP contribution in [0, 0.1) is 5.82 Å². The molecule has 0 atom stereocenters. The monoisotopic (exact) mass is 243 g/mol. The van der Waals surface area contributed by atoms with Crippen molar-refractivity contribution < 1.29 is 14.3 Å². The first-order chi connectivity index (χ1) is 8.66. The number of rotatable bonds is 3. The van der Waals surface area contributed by atoms with Crippen LogP contribution in [0.3, 0.4) is 0 Å². The summed E-state index contributed by atoms with van der Waals surface area (Å²) >= 11 is 0. The molecular weight excluding hydrogens is 233 g/mol. The molecule has 0 radical (unpaired) electrons. The average molecular weight is 243 g/mol. The van der Waals surface area contributed by atoms with Gasteiger partial charge in [0.1, 0.15) is 5.82 Å². The molecule has 0 spiro atoms. The van der Waals surface area contributed by atoms with E-state index < -0.39 is 5.97 Å². The molecule has 0 aliphatic rings. The van der Waals surface area contributed by atoms with Crippen molar-refractivity contribution in [3.63, 3.8) is 0 Å². The van der Waals surface area contributed by atoms with Crippen molar-refractivity contribution in [3.05, 3.63) is 60.2 Å². The normalized spacial score (nSPS) is 10.7. The number of hydrogen-bond acceptors (Lipinski definition) is 2. The number of aliphatic carboxylic acids is 1. The second-order valence-electron chi connectivity index (χ2n) is 3.65. The summed E-state index contributed by atoms with van der Waals surface area (Å²) in [6, 6.07) is 7.84. The van der Waals surface area contributed by atoms with Gasteiger partial charge in [-0.25, -0.2) is 9.18 Å². The largest absolute Gasteiger partial charge is 0.478 e. The van der Waals surface area contributed by atoms with E-state index in [1.54, 1.807) is 30.6 Å². The number of carboxylic acids is 1. The van der Waals surface area contributed by atoms with Crippen LogP contribution in [0.25, 0.3) is 17.2 Å². The highest BCUT2D eigenvalue weighted by molar-refractivity contribution is 5.85. The first-order valence-electron chi connectivity index (χ1n) is 5.28. The van der Waals surface area contributed by atoms with E-state index >= 15 is 0 Å². The smallest absolute Gasteiger partial charge is 0.328 e. The predicted octanol–water partition coefficient (Wildman–Crippen LogP) is 2.99. The molecule has 90 valence electrons. The zero-order valence-corrected chi connectivity index (χ0v) is 9.38. The van der Waals surface area contributed by atoms with Crippen LogP contribution < -0.4 is 0 Å². The van der Waals surface area contributed by atoms with Crippen molar-refractivity contribution in [1.29, 1.82) is 0 Å². The van der Waals surface area contributed by atoms with Gasteiger partial charge in [-0.2, -0.15) is 0 Å². The van der Waals surface area contributed by atoms with Crippen LogP contribution in [0.4, 0.5) is 4.39 Å². The van der Waals surface area contributed by atoms with Gasteiger partial charge in [0, 0.05) is 24.0 Å². The van der Waals surface area contributed by atoms with Crippen LogP contribution in [-0.4, -0.2) is 16.1 Å². The molecule has 0 aliphatic carbocycles. The molecule has 2 aromatic rings. The van der Waals surface area contributed by atoms with E-state index in [1.165, 1.54) is 18.2 Å². The van der Waals surface area contributed by atoms with E-state index in [0.717, 1.165) is 6.08 Å². The predicted molar refractivity (Wildman–Crippen MR) is 66.3 cm³/mol. The van der Waals surface area contributed by atoms with Gasteiger partial charge in [0.25, 0.3) is 0 Å². The molecule has 0 saturated heterocycles. The van der Waals surface area contributed by atoms with E-state index in [4.69, 9.17) is 5.11 Å². The zero-order chi connectivity index (χ0) is 13.0. The van der Waals surface area contributed by atoms with Gasteiger partial charge < -0.3 is 5.11 Å². The number of carboxylic acid groups (broad SMARTS) is 1. The summed E-state index contributed by atoms with van der Waals surface area (Å²) in [4.78, 5) is 14.3. The highest BCUT2D eigenvalue weighted by Gasteiger charge is 2.05. The van der Waals surface area contributed by atoms with Crippen molar-refractivity contribution in [3.8, 4) is 11.1 Å². The molecule has 0 fully saturated rings. The minimum absolute atomic E-state index is 0.353. The average Bonchev–Trinajstić information content (AvgIpc) is 2.38. The lowest BCUT2D eigenvalue weighted by Gasteiger charge is -2.04.